The van der Waals surface area contributed by atoms with E-state index in [1.807, 2.05) is 0 Å². The average Bonchev–Trinajstić information content (AvgIpc) is 3.22. The van der Waals surface area contributed by atoms with Crippen LogP contribution in [0.4, 0.5) is 0 Å². The maximum Gasteiger partial charge on any atom is 0.223 e. The summed E-state index contributed by atoms with van der Waals surface area (Å²) in [5, 5.41) is 4.79. The second-order valence-electron chi connectivity index (χ2n) is 6.10. The predicted molar refractivity (Wildman–Crippen MR) is 85.1 cm³/mol. The fourth-order valence-electron chi connectivity index (χ4n) is 2.54. The van der Waals surface area contributed by atoms with Gasteiger partial charge in [0.15, 0.2) is 0 Å². The number of carbonyl (C=O) groups excluding carboxylic acids is 1. The van der Waals surface area contributed by atoms with E-state index in [9.17, 15) is 4.79 Å². The number of hydrogen-bond acceptors (Lipinski definition) is 2. The number of rotatable bonds is 6. The Morgan fingerprint density at radius 2 is 2.14 bits per heavy atom. The molecule has 0 spiro atoms. The van der Waals surface area contributed by atoms with E-state index in [0.29, 0.717) is 6.42 Å². The van der Waals surface area contributed by atoms with Crippen LogP contribution in [0.2, 0.25) is 0 Å². The van der Waals surface area contributed by atoms with Crippen molar-refractivity contribution < 1.29 is 4.79 Å². The third-order valence-corrected chi connectivity index (χ3v) is 4.07. The smallest absolute Gasteiger partial charge is 0.223 e. The fourth-order valence-corrected chi connectivity index (χ4v) is 2.54. The van der Waals surface area contributed by atoms with Crippen LogP contribution in [0.5, 0.6) is 0 Å². The van der Waals surface area contributed by atoms with E-state index in [0.717, 1.165) is 19.1 Å². The molecule has 1 aliphatic carbocycles. The van der Waals surface area contributed by atoms with E-state index >= 15 is 0 Å². The van der Waals surface area contributed by atoms with Crippen molar-refractivity contribution in [1.29, 1.82) is 0 Å². The highest BCUT2D eigenvalue weighted by atomic mass is 16.2. The standard InChI is InChI=1S/C17H23N3O/c1-19(2)17(21)8-10-20-9-7-14-11-13(3-6-16(14)20)12-18-15-4-5-15/h3,6-7,9,11,15,18H,4-5,8,10,12H2,1-2H3. The molecule has 1 saturated carbocycles. The SMILES string of the molecule is CN(C)C(=O)CCn1ccc2cc(CNC3CC3)ccc21. The fraction of sp³-hybridized carbons (Fsp3) is 0.471. The van der Waals surface area contributed by atoms with Crippen LogP contribution in [0.15, 0.2) is 30.5 Å². The molecule has 1 fully saturated rings. The summed E-state index contributed by atoms with van der Waals surface area (Å²) in [5.74, 6) is 0.169. The van der Waals surface area contributed by atoms with Crippen LogP contribution in [-0.4, -0.2) is 35.5 Å². The Balaban J connectivity index is 1.68. The number of nitrogens with one attached hydrogen (secondary N) is 1. The van der Waals surface area contributed by atoms with Crippen LogP contribution in [0.3, 0.4) is 0 Å². The lowest BCUT2D eigenvalue weighted by Gasteiger charge is -2.11. The molecule has 1 aliphatic rings. The van der Waals surface area contributed by atoms with Gasteiger partial charge in [-0.25, -0.2) is 0 Å². The molecule has 112 valence electrons. The van der Waals surface area contributed by atoms with Crippen LogP contribution in [0, 0.1) is 0 Å². The zero-order valence-corrected chi connectivity index (χ0v) is 12.8. The Kier molecular flexibility index (Phi) is 3.97. The van der Waals surface area contributed by atoms with E-state index in [1.165, 1.54) is 29.3 Å². The molecule has 0 atom stereocenters. The molecule has 0 radical (unpaired) electrons. The minimum Gasteiger partial charge on any atom is -0.349 e. The molecule has 3 rings (SSSR count). The molecule has 1 heterocycles. The average molecular weight is 285 g/mol. The van der Waals surface area contributed by atoms with Crippen LogP contribution < -0.4 is 5.32 Å². The lowest BCUT2D eigenvalue weighted by molar-refractivity contribution is -0.128. The van der Waals surface area contributed by atoms with Crippen molar-refractivity contribution in [2.24, 2.45) is 0 Å². The molecular weight excluding hydrogens is 262 g/mol. The van der Waals surface area contributed by atoms with Crippen LogP contribution in [0.25, 0.3) is 10.9 Å². The largest absolute Gasteiger partial charge is 0.349 e. The normalized spacial score (nSPS) is 14.6. The Bertz CT molecular complexity index is 641. The van der Waals surface area contributed by atoms with E-state index in [2.05, 4.69) is 40.3 Å². The van der Waals surface area contributed by atoms with Gasteiger partial charge in [0, 0.05) is 51.4 Å². The molecule has 1 aromatic heterocycles. The Hall–Kier alpha value is -1.81. The van der Waals surface area contributed by atoms with Crippen LogP contribution in [-0.2, 0) is 17.9 Å². The summed E-state index contributed by atoms with van der Waals surface area (Å²) in [5.41, 5.74) is 2.54. The highest BCUT2D eigenvalue weighted by Gasteiger charge is 2.19. The first-order valence-electron chi connectivity index (χ1n) is 7.65. The summed E-state index contributed by atoms with van der Waals surface area (Å²) in [4.78, 5) is 13.3. The van der Waals surface area contributed by atoms with E-state index < -0.39 is 0 Å². The van der Waals surface area contributed by atoms with Crippen molar-refractivity contribution in [2.45, 2.75) is 38.4 Å². The molecule has 0 bridgehead atoms. The minimum atomic E-state index is 0.169. The molecule has 4 nitrogen and oxygen atoms in total. The second kappa shape index (κ2) is 5.90. The molecule has 1 N–H and O–H groups in total. The van der Waals surface area contributed by atoms with Gasteiger partial charge in [-0.3, -0.25) is 4.79 Å². The third kappa shape index (κ3) is 3.45. The molecule has 4 heteroatoms. The lowest BCUT2D eigenvalue weighted by atomic mass is 10.1. The van der Waals surface area contributed by atoms with Gasteiger partial charge in [-0.15, -0.1) is 0 Å². The van der Waals surface area contributed by atoms with Crippen molar-refractivity contribution in [2.75, 3.05) is 14.1 Å². The quantitative estimate of drug-likeness (QED) is 0.885. The first-order chi connectivity index (χ1) is 10.1. The van der Waals surface area contributed by atoms with Crippen LogP contribution in [0.1, 0.15) is 24.8 Å². The second-order valence-corrected chi connectivity index (χ2v) is 6.10. The summed E-state index contributed by atoms with van der Waals surface area (Å²) in [6.45, 7) is 1.69. The van der Waals surface area contributed by atoms with Crippen molar-refractivity contribution in [3.05, 3.63) is 36.0 Å². The number of benzene rings is 1. The van der Waals surface area contributed by atoms with Gasteiger partial charge in [0.2, 0.25) is 5.91 Å². The van der Waals surface area contributed by atoms with Gasteiger partial charge in [0.25, 0.3) is 0 Å². The molecule has 0 saturated heterocycles. The Labute approximate surface area is 125 Å². The van der Waals surface area contributed by atoms with E-state index in [4.69, 9.17) is 0 Å². The van der Waals surface area contributed by atoms with Gasteiger partial charge in [-0.1, -0.05) is 6.07 Å². The van der Waals surface area contributed by atoms with Crippen molar-refractivity contribution in [3.63, 3.8) is 0 Å². The summed E-state index contributed by atoms with van der Waals surface area (Å²) >= 11 is 0. The zero-order valence-electron chi connectivity index (χ0n) is 12.8. The molecular formula is C17H23N3O. The number of amides is 1. The van der Waals surface area contributed by atoms with Gasteiger partial charge in [-0.05, 0) is 42.0 Å². The van der Waals surface area contributed by atoms with E-state index in [1.54, 1.807) is 19.0 Å². The monoisotopic (exact) mass is 285 g/mol. The molecule has 0 unspecified atom stereocenters. The molecule has 1 amide bonds. The third-order valence-electron chi connectivity index (χ3n) is 4.07. The number of aromatic nitrogens is 1. The van der Waals surface area contributed by atoms with E-state index in [-0.39, 0.29) is 5.91 Å². The Morgan fingerprint density at radius 1 is 1.33 bits per heavy atom. The summed E-state index contributed by atoms with van der Waals surface area (Å²) < 4.78 is 2.16. The molecule has 0 aliphatic heterocycles. The summed E-state index contributed by atoms with van der Waals surface area (Å²) in [6, 6.07) is 9.47. The minimum absolute atomic E-state index is 0.169. The number of nitrogens with zero attached hydrogens (tertiary/aromatic N) is 2. The van der Waals surface area contributed by atoms with Gasteiger partial charge in [0.05, 0.1) is 0 Å². The molecule has 1 aromatic carbocycles. The number of hydrogen-bond donors (Lipinski definition) is 1. The van der Waals surface area contributed by atoms with Crippen molar-refractivity contribution in [1.82, 2.24) is 14.8 Å². The Morgan fingerprint density at radius 3 is 2.86 bits per heavy atom. The summed E-state index contributed by atoms with van der Waals surface area (Å²) in [7, 11) is 3.60. The van der Waals surface area contributed by atoms with Crippen LogP contribution >= 0.6 is 0 Å². The molecule has 21 heavy (non-hydrogen) atoms. The van der Waals surface area contributed by atoms with Crippen molar-refractivity contribution in [3.8, 4) is 0 Å². The molecule has 2 aromatic rings. The zero-order chi connectivity index (χ0) is 14.8. The highest BCUT2D eigenvalue weighted by Crippen LogP contribution is 2.21. The summed E-state index contributed by atoms with van der Waals surface area (Å²) in [6.07, 6.45) is 5.25. The van der Waals surface area contributed by atoms with Gasteiger partial charge in [-0.2, -0.15) is 0 Å². The number of fused-ring (bicyclic) bond motifs is 1. The topological polar surface area (TPSA) is 37.3 Å². The number of carbonyl (C=O) groups is 1. The van der Waals surface area contributed by atoms with Gasteiger partial charge < -0.3 is 14.8 Å². The maximum atomic E-state index is 11.7. The van der Waals surface area contributed by atoms with Gasteiger partial charge in [0.1, 0.15) is 0 Å². The highest BCUT2D eigenvalue weighted by molar-refractivity contribution is 5.81. The number of aryl methyl sites for hydroxylation is 1. The predicted octanol–water partition coefficient (Wildman–Crippen LogP) is 2.37. The van der Waals surface area contributed by atoms with Gasteiger partial charge >= 0.3 is 0 Å². The van der Waals surface area contributed by atoms with Crippen molar-refractivity contribution >= 4 is 16.8 Å². The first-order valence-corrected chi connectivity index (χ1v) is 7.65. The first kappa shape index (κ1) is 14.1. The lowest BCUT2D eigenvalue weighted by Crippen LogP contribution is -2.22. The maximum absolute atomic E-state index is 11.7.